The summed E-state index contributed by atoms with van der Waals surface area (Å²) >= 11 is 0. The Morgan fingerprint density at radius 1 is 0.562 bits per heavy atom. The minimum Gasteiger partial charge on any atom is -0.0587 e. The molecule has 0 bridgehead atoms. The van der Waals surface area contributed by atoms with Crippen molar-refractivity contribution in [1.29, 1.82) is 0 Å². The van der Waals surface area contributed by atoms with Gasteiger partial charge in [0.25, 0.3) is 0 Å². The Morgan fingerprint density at radius 3 is 0.875 bits per heavy atom. The third kappa shape index (κ3) is 4.39. The van der Waals surface area contributed by atoms with Gasteiger partial charge in [-0.05, 0) is 34.4 Å². The molecule has 0 nitrogen and oxygen atoms in total. The van der Waals surface area contributed by atoms with Crippen LogP contribution in [0.25, 0.3) is 0 Å². The summed E-state index contributed by atoms with van der Waals surface area (Å²) in [5.74, 6) is 1.88. The summed E-state index contributed by atoms with van der Waals surface area (Å²) in [5, 5.41) is 0. The van der Waals surface area contributed by atoms with Gasteiger partial charge in [0.05, 0.1) is 0 Å². The van der Waals surface area contributed by atoms with E-state index in [9.17, 15) is 0 Å². The normalized spacial score (nSPS) is 11.1. The van der Waals surface area contributed by atoms with Crippen molar-refractivity contribution in [3.05, 3.63) is 34.9 Å². The molecule has 86 valence electrons. The quantitative estimate of drug-likeness (QED) is 0.677. The Hall–Kier alpha value is 0.480. The minimum absolute atomic E-state index is 0. The molecule has 0 atom stereocenters. The topological polar surface area (TPSA) is 0 Å². The molecular weight excluding hydrogens is 220 g/mol. The van der Waals surface area contributed by atoms with Gasteiger partial charge >= 0.3 is 0 Å². The van der Waals surface area contributed by atoms with Gasteiger partial charge in [-0.15, -0.1) is 0 Å². The molecule has 0 N–H and O–H groups in total. The first-order chi connectivity index (χ1) is 6.91. The van der Waals surface area contributed by atoms with Crippen LogP contribution < -0.4 is 0 Å². The number of rotatable bonds is 3. The van der Waals surface area contributed by atoms with Gasteiger partial charge in [-0.3, -0.25) is 0 Å². The van der Waals surface area contributed by atoms with Gasteiger partial charge in [-0.25, -0.2) is 0 Å². The third-order valence-corrected chi connectivity index (χ3v) is 3.00. The second kappa shape index (κ2) is 7.03. The van der Waals surface area contributed by atoms with Crippen LogP contribution >= 0.6 is 0 Å². The van der Waals surface area contributed by atoms with E-state index < -0.39 is 0 Å². The molecule has 1 rings (SSSR count). The molecule has 0 saturated carbocycles. The molecular formula is C15H24Ca. The molecule has 1 aromatic rings. The van der Waals surface area contributed by atoms with Crippen LogP contribution in [0.1, 0.15) is 76.0 Å². The molecule has 0 amide bonds. The molecule has 0 aliphatic heterocycles. The minimum atomic E-state index is 0. The second-order valence-corrected chi connectivity index (χ2v) is 5.40. The second-order valence-electron chi connectivity index (χ2n) is 5.40. The fourth-order valence-corrected chi connectivity index (χ4v) is 1.70. The summed E-state index contributed by atoms with van der Waals surface area (Å²) in [6.07, 6.45) is 0. The standard InChI is InChI=1S/C15H24.Ca/c1-10(2)13-7-14(11(3)4)9-15(8-13)12(5)6;/h7-12H,1-6H3;. The predicted octanol–water partition coefficient (Wildman–Crippen LogP) is 4.68. The van der Waals surface area contributed by atoms with Gasteiger partial charge in [0, 0.05) is 37.7 Å². The Balaban J connectivity index is 0.00000225. The largest absolute Gasteiger partial charge is 0.0587 e. The monoisotopic (exact) mass is 244 g/mol. The van der Waals surface area contributed by atoms with Crippen molar-refractivity contribution in [2.24, 2.45) is 0 Å². The molecule has 0 fully saturated rings. The fourth-order valence-electron chi connectivity index (χ4n) is 1.70. The average molecular weight is 244 g/mol. The first kappa shape index (κ1) is 16.5. The van der Waals surface area contributed by atoms with Gasteiger partial charge in [0.15, 0.2) is 0 Å². The fraction of sp³-hybridized carbons (Fsp3) is 0.600. The van der Waals surface area contributed by atoms with Gasteiger partial charge in [-0.1, -0.05) is 59.7 Å². The molecule has 0 unspecified atom stereocenters. The van der Waals surface area contributed by atoms with E-state index in [1.165, 1.54) is 16.7 Å². The zero-order chi connectivity index (χ0) is 11.6. The summed E-state index contributed by atoms with van der Waals surface area (Å²) in [7, 11) is 0. The van der Waals surface area contributed by atoms with E-state index in [0.717, 1.165) is 0 Å². The molecule has 0 heterocycles. The number of hydrogen-bond acceptors (Lipinski definition) is 0. The summed E-state index contributed by atoms with van der Waals surface area (Å²) in [4.78, 5) is 0. The smallest absolute Gasteiger partial charge is 0 e. The van der Waals surface area contributed by atoms with Crippen molar-refractivity contribution < 1.29 is 0 Å². The summed E-state index contributed by atoms with van der Waals surface area (Å²) in [6, 6.07) is 7.09. The summed E-state index contributed by atoms with van der Waals surface area (Å²) in [6.45, 7) is 13.6. The van der Waals surface area contributed by atoms with Crippen molar-refractivity contribution in [2.75, 3.05) is 0 Å². The molecule has 0 aliphatic carbocycles. The first-order valence-electron chi connectivity index (χ1n) is 6.06. The molecule has 1 heteroatoms. The van der Waals surface area contributed by atoms with Crippen LogP contribution in [-0.4, -0.2) is 37.7 Å². The number of benzene rings is 1. The Bertz CT molecular complexity index is 259. The van der Waals surface area contributed by atoms with Crippen LogP contribution in [0.15, 0.2) is 18.2 Å². The maximum absolute atomic E-state index is 2.36. The van der Waals surface area contributed by atoms with Crippen molar-refractivity contribution in [2.45, 2.75) is 59.3 Å². The van der Waals surface area contributed by atoms with E-state index in [1.807, 2.05) is 0 Å². The molecule has 0 aromatic heterocycles. The molecule has 0 aliphatic rings. The van der Waals surface area contributed by atoms with Crippen LogP contribution in [0.5, 0.6) is 0 Å². The molecule has 0 saturated heterocycles. The van der Waals surface area contributed by atoms with Crippen LogP contribution in [-0.2, 0) is 0 Å². The van der Waals surface area contributed by atoms with Crippen LogP contribution in [0, 0.1) is 0 Å². The Labute approximate surface area is 131 Å². The first-order valence-corrected chi connectivity index (χ1v) is 6.06. The number of hydrogen-bond donors (Lipinski definition) is 0. The van der Waals surface area contributed by atoms with Gasteiger partial charge in [0.2, 0.25) is 0 Å². The van der Waals surface area contributed by atoms with Crippen molar-refractivity contribution in [1.82, 2.24) is 0 Å². The van der Waals surface area contributed by atoms with Gasteiger partial charge in [-0.2, -0.15) is 0 Å². The van der Waals surface area contributed by atoms with E-state index in [-0.39, 0.29) is 37.7 Å². The van der Waals surface area contributed by atoms with E-state index in [0.29, 0.717) is 17.8 Å². The zero-order valence-corrected chi connectivity index (χ0v) is 13.9. The summed E-state index contributed by atoms with van der Waals surface area (Å²) in [5.41, 5.74) is 4.43. The van der Waals surface area contributed by atoms with Crippen LogP contribution in [0.4, 0.5) is 0 Å². The molecule has 16 heavy (non-hydrogen) atoms. The van der Waals surface area contributed by atoms with E-state index >= 15 is 0 Å². The van der Waals surface area contributed by atoms with Crippen molar-refractivity contribution in [3.8, 4) is 0 Å². The molecule has 0 spiro atoms. The van der Waals surface area contributed by atoms with E-state index in [4.69, 9.17) is 0 Å². The molecule has 2 radical (unpaired) electrons. The maximum atomic E-state index is 2.36. The SMILES string of the molecule is CC(C)c1cc(C(C)C)cc(C(C)C)c1.[Ca]. The summed E-state index contributed by atoms with van der Waals surface area (Å²) < 4.78 is 0. The third-order valence-electron chi connectivity index (χ3n) is 3.00. The van der Waals surface area contributed by atoms with Crippen molar-refractivity contribution in [3.63, 3.8) is 0 Å². The van der Waals surface area contributed by atoms with E-state index in [2.05, 4.69) is 59.7 Å². The van der Waals surface area contributed by atoms with Gasteiger partial charge in [0.1, 0.15) is 0 Å². The Kier molecular flexibility index (Phi) is 7.25. The predicted molar refractivity (Wildman–Crippen MR) is 74.5 cm³/mol. The molecule has 1 aromatic carbocycles. The van der Waals surface area contributed by atoms with E-state index in [1.54, 1.807) is 0 Å². The van der Waals surface area contributed by atoms with Gasteiger partial charge < -0.3 is 0 Å². The zero-order valence-electron chi connectivity index (χ0n) is 11.7. The van der Waals surface area contributed by atoms with Crippen molar-refractivity contribution >= 4 is 37.7 Å². The maximum Gasteiger partial charge on any atom is 0 e. The van der Waals surface area contributed by atoms with Crippen LogP contribution in [0.3, 0.4) is 0 Å². The van der Waals surface area contributed by atoms with Crippen LogP contribution in [0.2, 0.25) is 0 Å². The average Bonchev–Trinajstić information content (AvgIpc) is 2.16. The Morgan fingerprint density at radius 2 is 0.750 bits per heavy atom.